The molecule has 0 aliphatic carbocycles. The number of carbonyl (C=O) groups is 1. The van der Waals surface area contributed by atoms with E-state index >= 15 is 0 Å². The van der Waals surface area contributed by atoms with Crippen molar-refractivity contribution in [2.45, 2.75) is 12.6 Å². The predicted octanol–water partition coefficient (Wildman–Crippen LogP) is 2.75. The van der Waals surface area contributed by atoms with Gasteiger partial charge in [-0.15, -0.1) is 0 Å². The number of fused-ring (bicyclic) bond motifs is 1. The summed E-state index contributed by atoms with van der Waals surface area (Å²) in [5.41, 5.74) is 0.585. The van der Waals surface area contributed by atoms with Crippen molar-refractivity contribution < 1.29 is 23.7 Å². The summed E-state index contributed by atoms with van der Waals surface area (Å²) in [6.45, 7) is 0.826. The zero-order chi connectivity index (χ0) is 20.1. The molecule has 3 aromatic rings. The van der Waals surface area contributed by atoms with Crippen LogP contribution in [-0.4, -0.2) is 42.1 Å². The maximum atomic E-state index is 12.1. The third-order valence-electron chi connectivity index (χ3n) is 4.29. The van der Waals surface area contributed by atoms with E-state index in [0.29, 0.717) is 30.3 Å². The number of aromatic nitrogens is 2. The molecule has 1 aliphatic heterocycles. The molecule has 8 nitrogen and oxygen atoms in total. The van der Waals surface area contributed by atoms with E-state index in [1.807, 2.05) is 24.3 Å². The van der Waals surface area contributed by atoms with Crippen molar-refractivity contribution in [2.24, 2.45) is 0 Å². The molecule has 0 saturated carbocycles. The molecule has 1 atom stereocenters. The van der Waals surface area contributed by atoms with Crippen LogP contribution in [0.1, 0.15) is 0 Å². The van der Waals surface area contributed by atoms with Crippen molar-refractivity contribution in [1.29, 1.82) is 0 Å². The van der Waals surface area contributed by atoms with Gasteiger partial charge in [0.05, 0.1) is 25.5 Å². The predicted molar refractivity (Wildman–Crippen MR) is 106 cm³/mol. The molecule has 0 bridgehead atoms. The number of nitrogens with zero attached hydrogens (tertiary/aromatic N) is 2. The highest BCUT2D eigenvalue weighted by atomic mass is 16.6. The Hall–Kier alpha value is -3.68. The largest absolute Gasteiger partial charge is 0.497 e. The van der Waals surface area contributed by atoms with Gasteiger partial charge in [0, 0.05) is 12.3 Å². The van der Waals surface area contributed by atoms with Gasteiger partial charge in [-0.3, -0.25) is 9.48 Å². The zero-order valence-corrected chi connectivity index (χ0v) is 15.9. The van der Waals surface area contributed by atoms with E-state index in [-0.39, 0.29) is 18.6 Å². The molecule has 0 radical (unpaired) electrons. The molecule has 2 heterocycles. The van der Waals surface area contributed by atoms with Gasteiger partial charge < -0.3 is 24.3 Å². The lowest BCUT2D eigenvalue weighted by Crippen LogP contribution is -2.33. The number of methoxy groups -OCH3 is 1. The molecule has 0 saturated heterocycles. The first-order chi connectivity index (χ1) is 14.2. The Morgan fingerprint density at radius 3 is 2.90 bits per heavy atom. The standard InChI is InChI=1S/C21H21N3O5/c1-26-16-5-4-6-17(9-16)27-14-21(25)23-15-10-22-24(11-15)12-18-13-28-19-7-2-3-8-20(19)29-18/h2-11,18H,12-14H2,1H3,(H,23,25). The fourth-order valence-corrected chi connectivity index (χ4v) is 2.93. The van der Waals surface area contributed by atoms with E-state index in [1.165, 1.54) is 0 Å². The Morgan fingerprint density at radius 2 is 2.03 bits per heavy atom. The average Bonchev–Trinajstić information content (AvgIpc) is 3.19. The number of anilines is 1. The van der Waals surface area contributed by atoms with Gasteiger partial charge in [0.25, 0.3) is 5.91 Å². The summed E-state index contributed by atoms with van der Waals surface area (Å²) >= 11 is 0. The molecule has 0 spiro atoms. The first-order valence-corrected chi connectivity index (χ1v) is 9.17. The Bertz CT molecular complexity index is 988. The Balaban J connectivity index is 1.27. The van der Waals surface area contributed by atoms with Gasteiger partial charge in [-0.2, -0.15) is 5.10 Å². The van der Waals surface area contributed by atoms with Gasteiger partial charge in [0.1, 0.15) is 18.1 Å². The lowest BCUT2D eigenvalue weighted by molar-refractivity contribution is -0.118. The van der Waals surface area contributed by atoms with E-state index < -0.39 is 0 Å². The zero-order valence-electron chi connectivity index (χ0n) is 15.9. The average molecular weight is 395 g/mol. The first kappa shape index (κ1) is 18.7. The number of rotatable bonds is 7. The smallest absolute Gasteiger partial charge is 0.262 e. The van der Waals surface area contributed by atoms with E-state index in [1.54, 1.807) is 48.5 Å². The number of ether oxygens (including phenoxy) is 4. The van der Waals surface area contributed by atoms with Crippen molar-refractivity contribution in [3.8, 4) is 23.0 Å². The minimum Gasteiger partial charge on any atom is -0.497 e. The Labute approximate surface area is 168 Å². The third-order valence-corrected chi connectivity index (χ3v) is 4.29. The molecule has 150 valence electrons. The van der Waals surface area contributed by atoms with Crippen molar-refractivity contribution in [2.75, 3.05) is 25.6 Å². The van der Waals surface area contributed by atoms with E-state index in [9.17, 15) is 4.79 Å². The third kappa shape index (κ3) is 4.78. The molecule has 1 unspecified atom stereocenters. The van der Waals surface area contributed by atoms with Crippen molar-refractivity contribution in [3.05, 3.63) is 60.9 Å². The molecule has 1 N–H and O–H groups in total. The number of hydrogen-bond acceptors (Lipinski definition) is 6. The van der Waals surface area contributed by atoms with Crippen LogP contribution in [0.15, 0.2) is 60.9 Å². The summed E-state index contributed by atoms with van der Waals surface area (Å²) in [6, 6.07) is 14.6. The molecular weight excluding hydrogens is 374 g/mol. The van der Waals surface area contributed by atoms with Crippen molar-refractivity contribution in [1.82, 2.24) is 9.78 Å². The van der Waals surface area contributed by atoms with Crippen LogP contribution in [0.2, 0.25) is 0 Å². The highest BCUT2D eigenvalue weighted by molar-refractivity contribution is 5.91. The molecule has 29 heavy (non-hydrogen) atoms. The van der Waals surface area contributed by atoms with Gasteiger partial charge in [-0.25, -0.2) is 0 Å². The summed E-state index contributed by atoms with van der Waals surface area (Å²) in [5, 5.41) is 7.03. The number of carbonyl (C=O) groups excluding carboxylic acids is 1. The molecule has 1 aliphatic rings. The van der Waals surface area contributed by atoms with Crippen molar-refractivity contribution in [3.63, 3.8) is 0 Å². The summed E-state index contributed by atoms with van der Waals surface area (Å²) in [6.07, 6.45) is 3.17. The second-order valence-electron chi connectivity index (χ2n) is 6.46. The number of nitrogens with one attached hydrogen (secondary N) is 1. The van der Waals surface area contributed by atoms with Crippen LogP contribution in [0.4, 0.5) is 5.69 Å². The molecule has 2 aromatic carbocycles. The number of benzene rings is 2. The highest BCUT2D eigenvalue weighted by Crippen LogP contribution is 2.31. The molecule has 0 fully saturated rings. The molecule has 1 aromatic heterocycles. The van der Waals surface area contributed by atoms with Gasteiger partial charge in [0.15, 0.2) is 24.2 Å². The van der Waals surface area contributed by atoms with E-state index in [0.717, 1.165) is 11.5 Å². The fraction of sp³-hybridized carbons (Fsp3) is 0.238. The van der Waals surface area contributed by atoms with Crippen LogP contribution in [0.3, 0.4) is 0 Å². The number of hydrogen-bond donors (Lipinski definition) is 1. The fourth-order valence-electron chi connectivity index (χ4n) is 2.93. The summed E-state index contributed by atoms with van der Waals surface area (Å²) in [7, 11) is 1.58. The molecule has 8 heteroatoms. The molecular formula is C21H21N3O5. The molecule has 1 amide bonds. The maximum absolute atomic E-state index is 12.1. The lowest BCUT2D eigenvalue weighted by Gasteiger charge is -2.26. The Morgan fingerprint density at radius 1 is 1.21 bits per heavy atom. The lowest BCUT2D eigenvalue weighted by atomic mass is 10.2. The minimum absolute atomic E-state index is 0.116. The SMILES string of the molecule is COc1cccc(OCC(=O)Nc2cnn(CC3COc4ccccc4O3)c2)c1. The highest BCUT2D eigenvalue weighted by Gasteiger charge is 2.21. The maximum Gasteiger partial charge on any atom is 0.262 e. The van der Waals surface area contributed by atoms with Crippen LogP contribution in [0.5, 0.6) is 23.0 Å². The topological polar surface area (TPSA) is 83.8 Å². The van der Waals surface area contributed by atoms with Gasteiger partial charge in [0.2, 0.25) is 0 Å². The van der Waals surface area contributed by atoms with E-state index in [4.69, 9.17) is 18.9 Å². The quantitative estimate of drug-likeness (QED) is 0.662. The normalized spacial score (nSPS) is 14.9. The number of para-hydroxylation sites is 2. The van der Waals surface area contributed by atoms with Crippen LogP contribution in [0.25, 0.3) is 0 Å². The summed E-state index contributed by atoms with van der Waals surface area (Å²) < 4.78 is 24.0. The second kappa shape index (κ2) is 8.55. The number of amides is 1. The summed E-state index contributed by atoms with van der Waals surface area (Å²) in [5.74, 6) is 2.41. The molecule has 4 rings (SSSR count). The second-order valence-corrected chi connectivity index (χ2v) is 6.46. The minimum atomic E-state index is -0.279. The van der Waals surface area contributed by atoms with Crippen LogP contribution in [0, 0.1) is 0 Å². The van der Waals surface area contributed by atoms with Crippen LogP contribution < -0.4 is 24.3 Å². The Kier molecular flexibility index (Phi) is 5.51. The van der Waals surface area contributed by atoms with Crippen molar-refractivity contribution >= 4 is 11.6 Å². The van der Waals surface area contributed by atoms with Gasteiger partial charge >= 0.3 is 0 Å². The van der Waals surface area contributed by atoms with Gasteiger partial charge in [-0.05, 0) is 24.3 Å². The van der Waals surface area contributed by atoms with Gasteiger partial charge in [-0.1, -0.05) is 18.2 Å². The first-order valence-electron chi connectivity index (χ1n) is 9.17. The van der Waals surface area contributed by atoms with Crippen LogP contribution >= 0.6 is 0 Å². The van der Waals surface area contributed by atoms with E-state index in [2.05, 4.69) is 10.4 Å². The monoisotopic (exact) mass is 395 g/mol. The summed E-state index contributed by atoms with van der Waals surface area (Å²) in [4.78, 5) is 12.1. The van der Waals surface area contributed by atoms with Crippen LogP contribution in [-0.2, 0) is 11.3 Å².